The minimum atomic E-state index is -1.06. The number of amides is 2. The molecule has 0 aromatic heterocycles. The average Bonchev–Trinajstić information content (AvgIpc) is 2.48. The van der Waals surface area contributed by atoms with Gasteiger partial charge in [0.1, 0.15) is 0 Å². The van der Waals surface area contributed by atoms with E-state index in [0.29, 0.717) is 16.7 Å². The van der Waals surface area contributed by atoms with Crippen molar-refractivity contribution in [2.75, 3.05) is 5.32 Å². The number of hydrogen-bond acceptors (Lipinski definition) is 2. The van der Waals surface area contributed by atoms with Gasteiger partial charge in [-0.15, -0.1) is 0 Å². The fourth-order valence-electron chi connectivity index (χ4n) is 1.72. The van der Waals surface area contributed by atoms with Crippen molar-refractivity contribution in [3.8, 4) is 0 Å². The zero-order chi connectivity index (χ0) is 15.2. The third-order valence-corrected chi connectivity index (χ3v) is 3.44. The molecule has 0 heterocycles. The highest BCUT2D eigenvalue weighted by Crippen LogP contribution is 2.21. The van der Waals surface area contributed by atoms with E-state index >= 15 is 0 Å². The summed E-state index contributed by atoms with van der Waals surface area (Å²) in [5, 5.41) is 14.3. The van der Waals surface area contributed by atoms with Crippen LogP contribution in [0.2, 0.25) is 0 Å². The van der Waals surface area contributed by atoms with Gasteiger partial charge in [-0.1, -0.05) is 30.3 Å². The second kappa shape index (κ2) is 6.90. The van der Waals surface area contributed by atoms with Gasteiger partial charge in [-0.05, 0) is 39.7 Å². The number of urea groups is 1. The summed E-state index contributed by atoms with van der Waals surface area (Å²) in [4.78, 5) is 22.8. The molecule has 0 saturated heterocycles. The summed E-state index contributed by atoms with van der Waals surface area (Å²) >= 11 is 3.15. The number of aromatic carboxylic acids is 1. The molecular formula is C15H13BrN2O3. The van der Waals surface area contributed by atoms with Crippen molar-refractivity contribution in [1.29, 1.82) is 0 Å². The zero-order valence-corrected chi connectivity index (χ0v) is 12.6. The van der Waals surface area contributed by atoms with E-state index in [4.69, 9.17) is 5.11 Å². The number of carbonyl (C=O) groups excluding carboxylic acids is 1. The molecule has 0 bridgehead atoms. The number of hydrogen-bond donors (Lipinski definition) is 3. The highest BCUT2D eigenvalue weighted by atomic mass is 79.9. The summed E-state index contributed by atoms with van der Waals surface area (Å²) in [6.07, 6.45) is 0. The molecule has 0 aliphatic carbocycles. The van der Waals surface area contributed by atoms with Crippen LogP contribution in [0.5, 0.6) is 0 Å². The van der Waals surface area contributed by atoms with Crippen LogP contribution in [-0.4, -0.2) is 17.1 Å². The van der Waals surface area contributed by atoms with Crippen LogP contribution in [0, 0.1) is 0 Å². The Bertz CT molecular complexity index is 659. The molecule has 2 aromatic rings. The highest BCUT2D eigenvalue weighted by molar-refractivity contribution is 9.10. The summed E-state index contributed by atoms with van der Waals surface area (Å²) in [6, 6.07) is 13.7. The Kier molecular flexibility index (Phi) is 4.94. The molecule has 6 heteroatoms. The highest BCUT2D eigenvalue weighted by Gasteiger charge is 2.10. The molecule has 2 rings (SSSR count). The lowest BCUT2D eigenvalue weighted by Crippen LogP contribution is -2.28. The first-order valence-electron chi connectivity index (χ1n) is 6.18. The molecular weight excluding hydrogens is 336 g/mol. The van der Waals surface area contributed by atoms with Gasteiger partial charge in [0.2, 0.25) is 0 Å². The number of benzene rings is 2. The van der Waals surface area contributed by atoms with Gasteiger partial charge in [0.05, 0.1) is 5.56 Å². The van der Waals surface area contributed by atoms with Crippen molar-refractivity contribution >= 4 is 33.6 Å². The smallest absolute Gasteiger partial charge is 0.336 e. The SMILES string of the molecule is O=C(NCc1ccccc1)Nc1ccc(Br)c(C(=O)O)c1. The van der Waals surface area contributed by atoms with Crippen LogP contribution in [-0.2, 0) is 6.54 Å². The Balaban J connectivity index is 1.97. The van der Waals surface area contributed by atoms with Crippen LogP contribution in [0.15, 0.2) is 53.0 Å². The fourth-order valence-corrected chi connectivity index (χ4v) is 2.14. The van der Waals surface area contributed by atoms with Crippen LogP contribution < -0.4 is 10.6 Å². The van der Waals surface area contributed by atoms with Gasteiger partial charge in [-0.25, -0.2) is 9.59 Å². The normalized spacial score (nSPS) is 9.95. The first-order chi connectivity index (χ1) is 10.1. The summed E-state index contributed by atoms with van der Waals surface area (Å²) in [7, 11) is 0. The van der Waals surface area contributed by atoms with E-state index in [1.807, 2.05) is 30.3 Å². The fraction of sp³-hybridized carbons (Fsp3) is 0.0667. The van der Waals surface area contributed by atoms with Crippen molar-refractivity contribution in [2.45, 2.75) is 6.54 Å². The van der Waals surface area contributed by atoms with Gasteiger partial charge in [-0.3, -0.25) is 0 Å². The minimum absolute atomic E-state index is 0.0934. The van der Waals surface area contributed by atoms with E-state index in [9.17, 15) is 9.59 Å². The van der Waals surface area contributed by atoms with Crippen molar-refractivity contribution in [3.63, 3.8) is 0 Å². The predicted molar refractivity (Wildman–Crippen MR) is 83.4 cm³/mol. The van der Waals surface area contributed by atoms with Crippen LogP contribution in [0.1, 0.15) is 15.9 Å². The average molecular weight is 349 g/mol. The van der Waals surface area contributed by atoms with Crippen molar-refractivity contribution in [2.24, 2.45) is 0 Å². The lowest BCUT2D eigenvalue weighted by atomic mass is 10.2. The monoisotopic (exact) mass is 348 g/mol. The van der Waals surface area contributed by atoms with Crippen LogP contribution >= 0.6 is 15.9 Å². The Morgan fingerprint density at radius 2 is 1.81 bits per heavy atom. The van der Waals surface area contributed by atoms with Crippen molar-refractivity contribution in [1.82, 2.24) is 5.32 Å². The quantitative estimate of drug-likeness (QED) is 0.791. The number of carboxylic acid groups (broad SMARTS) is 1. The molecule has 2 amide bonds. The molecule has 21 heavy (non-hydrogen) atoms. The Labute approximate surface area is 130 Å². The molecule has 0 radical (unpaired) electrons. The zero-order valence-electron chi connectivity index (χ0n) is 11.0. The lowest BCUT2D eigenvalue weighted by Gasteiger charge is -2.09. The van der Waals surface area contributed by atoms with E-state index in [-0.39, 0.29) is 5.56 Å². The number of anilines is 1. The van der Waals surface area contributed by atoms with E-state index in [1.165, 1.54) is 6.07 Å². The summed E-state index contributed by atoms with van der Waals surface area (Å²) in [6.45, 7) is 0.398. The molecule has 0 aliphatic heterocycles. The van der Waals surface area contributed by atoms with Crippen LogP contribution in [0.4, 0.5) is 10.5 Å². The summed E-state index contributed by atoms with van der Waals surface area (Å²) in [5.41, 5.74) is 1.49. The van der Waals surface area contributed by atoms with Gasteiger partial charge in [0.15, 0.2) is 0 Å². The third-order valence-electron chi connectivity index (χ3n) is 2.75. The summed E-state index contributed by atoms with van der Waals surface area (Å²) in [5.74, 6) is -1.06. The predicted octanol–water partition coefficient (Wildman–Crippen LogP) is 3.47. The Morgan fingerprint density at radius 1 is 1.10 bits per heavy atom. The molecule has 0 aliphatic rings. The molecule has 0 saturated carbocycles. The largest absolute Gasteiger partial charge is 0.478 e. The number of carbonyl (C=O) groups is 2. The second-order valence-corrected chi connectivity index (χ2v) is 5.15. The van der Waals surface area contributed by atoms with Gasteiger partial charge >= 0.3 is 12.0 Å². The standard InChI is InChI=1S/C15H13BrN2O3/c16-13-7-6-11(8-12(13)14(19)20)18-15(21)17-9-10-4-2-1-3-5-10/h1-8H,9H2,(H,19,20)(H2,17,18,21). The lowest BCUT2D eigenvalue weighted by molar-refractivity contribution is 0.0696. The molecule has 2 aromatic carbocycles. The molecule has 108 valence electrons. The molecule has 0 unspecified atom stereocenters. The van der Waals surface area contributed by atoms with Crippen molar-refractivity contribution in [3.05, 3.63) is 64.1 Å². The Morgan fingerprint density at radius 3 is 2.48 bits per heavy atom. The Hall–Kier alpha value is -2.34. The summed E-state index contributed by atoms with van der Waals surface area (Å²) < 4.78 is 0.463. The van der Waals surface area contributed by atoms with E-state index < -0.39 is 12.0 Å². The maximum Gasteiger partial charge on any atom is 0.336 e. The maximum absolute atomic E-state index is 11.8. The number of halogens is 1. The van der Waals surface area contributed by atoms with E-state index in [0.717, 1.165) is 5.56 Å². The van der Waals surface area contributed by atoms with Gasteiger partial charge in [-0.2, -0.15) is 0 Å². The molecule has 0 atom stereocenters. The first kappa shape index (κ1) is 15.1. The topological polar surface area (TPSA) is 78.4 Å². The van der Waals surface area contributed by atoms with Gasteiger partial charge in [0, 0.05) is 16.7 Å². The molecule has 0 spiro atoms. The maximum atomic E-state index is 11.8. The van der Waals surface area contributed by atoms with Crippen LogP contribution in [0.25, 0.3) is 0 Å². The second-order valence-electron chi connectivity index (χ2n) is 4.29. The number of rotatable bonds is 4. The number of nitrogens with one attached hydrogen (secondary N) is 2. The van der Waals surface area contributed by atoms with E-state index in [1.54, 1.807) is 12.1 Å². The van der Waals surface area contributed by atoms with Crippen LogP contribution in [0.3, 0.4) is 0 Å². The molecule has 5 nitrogen and oxygen atoms in total. The van der Waals surface area contributed by atoms with Gasteiger partial charge < -0.3 is 15.7 Å². The van der Waals surface area contributed by atoms with Gasteiger partial charge in [0.25, 0.3) is 0 Å². The van der Waals surface area contributed by atoms with Crippen molar-refractivity contribution < 1.29 is 14.7 Å². The third kappa shape index (κ3) is 4.32. The molecule has 3 N–H and O–H groups in total. The van der Waals surface area contributed by atoms with E-state index in [2.05, 4.69) is 26.6 Å². The molecule has 0 fully saturated rings. The minimum Gasteiger partial charge on any atom is -0.478 e. The number of carboxylic acids is 1. The first-order valence-corrected chi connectivity index (χ1v) is 6.97.